The van der Waals surface area contributed by atoms with E-state index in [-0.39, 0.29) is 31.0 Å². The zero-order valence-electron chi connectivity index (χ0n) is 22.9. The number of rotatable bonds is 8. The summed E-state index contributed by atoms with van der Waals surface area (Å²) >= 11 is 9.35. The van der Waals surface area contributed by atoms with E-state index in [2.05, 4.69) is 31.5 Å². The molecule has 2 amide bonds. The summed E-state index contributed by atoms with van der Waals surface area (Å²) in [5.74, 6) is -2.54. The van der Waals surface area contributed by atoms with E-state index in [0.717, 1.165) is 36.1 Å². The van der Waals surface area contributed by atoms with Crippen molar-refractivity contribution < 1.29 is 40.3 Å². The smallest absolute Gasteiger partial charge is 0.425 e. The van der Waals surface area contributed by atoms with E-state index in [0.29, 0.717) is 17.3 Å². The molecule has 2 saturated heterocycles. The molecule has 1 aromatic heterocycles. The number of benzene rings is 1. The molecule has 5 rings (SSSR count). The number of hydrogen-bond donors (Lipinski definition) is 2. The van der Waals surface area contributed by atoms with Crippen LogP contribution in [0.25, 0.3) is 0 Å². The number of nitrogens with zero attached hydrogens (tertiary/aromatic N) is 3. The number of carbonyl (C=O) groups is 2. The van der Waals surface area contributed by atoms with Crippen LogP contribution >= 0.6 is 27.5 Å². The molecular weight excluding hydrogens is 698 g/mol. The third kappa shape index (κ3) is 5.86. The molecule has 44 heavy (non-hydrogen) atoms. The van der Waals surface area contributed by atoms with Gasteiger partial charge in [0.1, 0.15) is 28.6 Å². The Hall–Kier alpha value is -3.00. The Labute approximate surface area is 263 Å². The standard InChI is InChI=1S/C27H25BrClF4N5O5S/c1-14(27(31,32)33)43-16-2-3-21(18(29)7-16)44(41,42)17-8-20(23(39)37-25(11-34)4-5-25)38(10-17)24(40)26(12-35-13-26)22-19(30)6-15(28)9-36-22/h2-3,6-7,9,14,17,20,35H,4-5,8,10,12-13H2,1H3,(H,37,39)/t14-,17+,20-/m0/s1. The molecule has 2 aromatic rings. The molecule has 0 bridgehead atoms. The highest BCUT2D eigenvalue weighted by molar-refractivity contribution is 9.10. The number of aromatic nitrogens is 1. The van der Waals surface area contributed by atoms with Crippen molar-refractivity contribution in [3.8, 4) is 11.8 Å². The highest BCUT2D eigenvalue weighted by Crippen LogP contribution is 2.40. The van der Waals surface area contributed by atoms with Gasteiger partial charge in [0.05, 0.1) is 26.9 Å². The lowest BCUT2D eigenvalue weighted by Gasteiger charge is -2.44. The Kier molecular flexibility index (Phi) is 8.41. The van der Waals surface area contributed by atoms with Crippen molar-refractivity contribution in [2.75, 3.05) is 19.6 Å². The van der Waals surface area contributed by atoms with Crippen molar-refractivity contribution in [2.45, 2.75) is 65.6 Å². The predicted molar refractivity (Wildman–Crippen MR) is 151 cm³/mol. The maximum Gasteiger partial charge on any atom is 0.425 e. The van der Waals surface area contributed by atoms with Gasteiger partial charge in [0.15, 0.2) is 15.9 Å². The number of pyridine rings is 1. The Morgan fingerprint density at radius 2 is 1.98 bits per heavy atom. The molecule has 3 aliphatic rings. The zero-order valence-corrected chi connectivity index (χ0v) is 26.1. The molecule has 236 valence electrons. The van der Waals surface area contributed by atoms with Crippen molar-refractivity contribution in [1.82, 2.24) is 20.5 Å². The minimum atomic E-state index is -4.67. The molecule has 1 aliphatic carbocycles. The number of nitriles is 1. The maximum absolute atomic E-state index is 15.1. The molecule has 10 nitrogen and oxygen atoms in total. The topological polar surface area (TPSA) is 141 Å². The number of hydrogen-bond acceptors (Lipinski definition) is 8. The van der Waals surface area contributed by atoms with E-state index >= 15 is 4.39 Å². The fourth-order valence-corrected chi connectivity index (χ4v) is 7.81. The molecular formula is C27H25BrClF4N5O5S. The van der Waals surface area contributed by atoms with Gasteiger partial charge in [0, 0.05) is 36.4 Å². The van der Waals surface area contributed by atoms with Gasteiger partial charge >= 0.3 is 6.18 Å². The molecule has 0 unspecified atom stereocenters. The molecule has 1 aromatic carbocycles. The first kappa shape index (κ1) is 32.4. The van der Waals surface area contributed by atoms with Crippen molar-refractivity contribution >= 4 is 49.2 Å². The molecule has 3 fully saturated rings. The number of sulfone groups is 1. The summed E-state index contributed by atoms with van der Waals surface area (Å²) < 4.78 is 86.7. The minimum Gasteiger partial charge on any atom is -0.481 e. The summed E-state index contributed by atoms with van der Waals surface area (Å²) in [5, 5.41) is 13.3. The summed E-state index contributed by atoms with van der Waals surface area (Å²) in [6.07, 6.45) is -5.13. The number of halogens is 6. The SMILES string of the molecule is C[C@H](Oc1ccc(S(=O)(=O)[C@@H]2C[C@@H](C(=O)NC3(C#N)CC3)N(C(=O)C3(c4ncc(Br)cc4F)CNC3)C2)c(Cl)c1)C(F)(F)F. The van der Waals surface area contributed by atoms with Gasteiger partial charge in [-0.05, 0) is 60.3 Å². The molecule has 17 heteroatoms. The predicted octanol–water partition coefficient (Wildman–Crippen LogP) is 3.42. The lowest BCUT2D eigenvalue weighted by molar-refractivity contribution is -0.189. The number of nitrogens with one attached hydrogen (secondary N) is 2. The second kappa shape index (κ2) is 11.4. The average molecular weight is 723 g/mol. The molecule has 2 aliphatic heterocycles. The third-order valence-corrected chi connectivity index (χ3v) is 11.1. The monoisotopic (exact) mass is 721 g/mol. The van der Waals surface area contributed by atoms with E-state index in [1.165, 1.54) is 6.20 Å². The van der Waals surface area contributed by atoms with Crippen molar-refractivity contribution in [2.24, 2.45) is 0 Å². The second-order valence-corrected chi connectivity index (χ2v) is 14.6. The van der Waals surface area contributed by atoms with Crippen LogP contribution in [0.2, 0.25) is 5.02 Å². The first-order valence-corrected chi connectivity index (χ1v) is 16.1. The molecule has 2 N–H and O–H groups in total. The van der Waals surface area contributed by atoms with E-state index in [4.69, 9.17) is 16.3 Å². The molecule has 3 heterocycles. The van der Waals surface area contributed by atoms with Crippen LogP contribution in [0.15, 0.2) is 39.8 Å². The zero-order chi connectivity index (χ0) is 32.2. The maximum atomic E-state index is 15.1. The fourth-order valence-electron chi connectivity index (χ4n) is 5.28. The number of ether oxygens (including phenoxy) is 1. The van der Waals surface area contributed by atoms with E-state index in [1.807, 2.05) is 6.07 Å². The van der Waals surface area contributed by atoms with Crippen LogP contribution in [0, 0.1) is 17.1 Å². The quantitative estimate of drug-likeness (QED) is 0.395. The fraction of sp³-hybridized carbons (Fsp3) is 0.481. The van der Waals surface area contributed by atoms with Crippen LogP contribution < -0.4 is 15.4 Å². The summed E-state index contributed by atoms with van der Waals surface area (Å²) in [7, 11) is -4.38. The molecule has 3 atom stereocenters. The van der Waals surface area contributed by atoms with Crippen LogP contribution in [0.3, 0.4) is 0 Å². The molecule has 0 radical (unpaired) electrons. The van der Waals surface area contributed by atoms with Gasteiger partial charge in [0.25, 0.3) is 0 Å². The van der Waals surface area contributed by atoms with E-state index < -0.39 is 78.5 Å². The molecule has 0 spiro atoms. The Morgan fingerprint density at radius 3 is 2.50 bits per heavy atom. The minimum absolute atomic E-state index is 0.0224. The number of alkyl halides is 3. The van der Waals surface area contributed by atoms with Crippen LogP contribution in [-0.2, 0) is 24.8 Å². The van der Waals surface area contributed by atoms with Crippen LogP contribution in [0.5, 0.6) is 5.75 Å². The Morgan fingerprint density at radius 1 is 1.30 bits per heavy atom. The first-order valence-electron chi connectivity index (χ1n) is 13.4. The Bertz CT molecular complexity index is 1660. The summed E-state index contributed by atoms with van der Waals surface area (Å²) in [4.78, 5) is 32.4. The Balaban J connectivity index is 1.47. The lowest BCUT2D eigenvalue weighted by Crippen LogP contribution is -2.67. The van der Waals surface area contributed by atoms with Gasteiger partial charge in [-0.25, -0.2) is 12.8 Å². The highest BCUT2D eigenvalue weighted by atomic mass is 79.9. The van der Waals surface area contributed by atoms with Gasteiger partial charge in [-0.15, -0.1) is 0 Å². The summed E-state index contributed by atoms with van der Waals surface area (Å²) in [6.45, 7) is 0.265. The number of amides is 2. The normalized spacial score (nSPS) is 22.8. The van der Waals surface area contributed by atoms with Gasteiger partial charge in [-0.2, -0.15) is 18.4 Å². The van der Waals surface area contributed by atoms with Crippen molar-refractivity contribution in [1.29, 1.82) is 5.26 Å². The summed E-state index contributed by atoms with van der Waals surface area (Å²) in [5.41, 5.74) is -2.82. The van der Waals surface area contributed by atoms with Crippen LogP contribution in [-0.4, -0.2) is 78.9 Å². The third-order valence-electron chi connectivity index (χ3n) is 8.10. The largest absolute Gasteiger partial charge is 0.481 e. The van der Waals surface area contributed by atoms with Crippen molar-refractivity contribution in [3.63, 3.8) is 0 Å². The van der Waals surface area contributed by atoms with E-state index in [1.54, 1.807) is 0 Å². The number of likely N-dealkylation sites (tertiary alicyclic amines) is 1. The number of carbonyl (C=O) groups excluding carboxylic acids is 2. The summed E-state index contributed by atoms with van der Waals surface area (Å²) in [6, 6.07) is 4.81. The van der Waals surface area contributed by atoms with Crippen LogP contribution in [0.4, 0.5) is 17.6 Å². The molecule has 1 saturated carbocycles. The van der Waals surface area contributed by atoms with E-state index in [9.17, 15) is 36.4 Å². The van der Waals surface area contributed by atoms with Gasteiger partial charge < -0.3 is 20.3 Å². The van der Waals surface area contributed by atoms with Gasteiger partial charge in [-0.1, -0.05) is 11.6 Å². The average Bonchev–Trinajstić information content (AvgIpc) is 3.53. The second-order valence-electron chi connectivity index (χ2n) is 11.1. The van der Waals surface area contributed by atoms with Crippen LogP contribution in [0.1, 0.15) is 31.9 Å². The first-order chi connectivity index (χ1) is 20.5. The van der Waals surface area contributed by atoms with Gasteiger partial charge in [0.2, 0.25) is 11.8 Å². The van der Waals surface area contributed by atoms with Gasteiger partial charge in [-0.3, -0.25) is 14.6 Å². The lowest BCUT2D eigenvalue weighted by atomic mass is 9.76. The van der Waals surface area contributed by atoms with Crippen molar-refractivity contribution in [3.05, 3.63) is 51.5 Å². The highest BCUT2D eigenvalue weighted by Gasteiger charge is 2.57.